The molecular formula is C14H13N3. The fourth-order valence-corrected chi connectivity index (χ4v) is 2.44. The number of H-pyrrole nitrogens is 1. The van der Waals surface area contributed by atoms with Crippen LogP contribution in [0.1, 0.15) is 25.5 Å². The second kappa shape index (κ2) is 3.39. The number of rotatable bonds is 1. The number of aromatic amines is 1. The van der Waals surface area contributed by atoms with Crippen LogP contribution in [0.25, 0.3) is 21.9 Å². The summed E-state index contributed by atoms with van der Waals surface area (Å²) in [6.07, 6.45) is 7.44. The number of aromatic nitrogens is 3. The Kier molecular flexibility index (Phi) is 1.99. The van der Waals surface area contributed by atoms with E-state index in [9.17, 15) is 0 Å². The lowest BCUT2D eigenvalue weighted by molar-refractivity contribution is 0.642. The van der Waals surface area contributed by atoms with Gasteiger partial charge in [0.2, 0.25) is 0 Å². The van der Waals surface area contributed by atoms with Crippen LogP contribution in [0.2, 0.25) is 0 Å². The first kappa shape index (κ1) is 9.98. The molecule has 3 heteroatoms. The van der Waals surface area contributed by atoms with Gasteiger partial charge in [-0.15, -0.1) is 6.42 Å². The van der Waals surface area contributed by atoms with E-state index in [1.165, 1.54) is 0 Å². The molecule has 0 aliphatic carbocycles. The Morgan fingerprint density at radius 3 is 2.94 bits per heavy atom. The van der Waals surface area contributed by atoms with Crippen molar-refractivity contribution in [1.82, 2.24) is 14.8 Å². The van der Waals surface area contributed by atoms with Crippen molar-refractivity contribution in [3.63, 3.8) is 0 Å². The summed E-state index contributed by atoms with van der Waals surface area (Å²) in [5.41, 5.74) is 4.22. The van der Waals surface area contributed by atoms with E-state index in [0.29, 0.717) is 6.04 Å². The van der Waals surface area contributed by atoms with E-state index in [-0.39, 0.29) is 0 Å². The minimum absolute atomic E-state index is 0.349. The third-order valence-corrected chi connectivity index (χ3v) is 3.10. The molecule has 0 atom stereocenters. The highest BCUT2D eigenvalue weighted by molar-refractivity contribution is 6.07. The Labute approximate surface area is 99.4 Å². The zero-order valence-electron chi connectivity index (χ0n) is 9.86. The van der Waals surface area contributed by atoms with Gasteiger partial charge >= 0.3 is 0 Å². The SMILES string of the molecule is C#Cc1cccc2c3[nH]ncc3n(C(C)C)c12. The number of para-hydroxylation sites is 1. The van der Waals surface area contributed by atoms with Crippen LogP contribution in [0.5, 0.6) is 0 Å². The zero-order valence-corrected chi connectivity index (χ0v) is 9.86. The van der Waals surface area contributed by atoms with Crippen LogP contribution in [0.3, 0.4) is 0 Å². The quantitative estimate of drug-likeness (QED) is 0.632. The molecule has 0 amide bonds. The highest BCUT2D eigenvalue weighted by Gasteiger charge is 2.16. The molecule has 3 aromatic rings. The van der Waals surface area contributed by atoms with Gasteiger partial charge < -0.3 is 4.57 Å². The summed E-state index contributed by atoms with van der Waals surface area (Å²) in [6.45, 7) is 4.30. The molecule has 0 spiro atoms. The minimum Gasteiger partial charge on any atom is -0.334 e. The maximum absolute atomic E-state index is 5.59. The molecule has 3 rings (SSSR count). The van der Waals surface area contributed by atoms with E-state index in [0.717, 1.165) is 27.5 Å². The average molecular weight is 223 g/mol. The smallest absolute Gasteiger partial charge is 0.0909 e. The van der Waals surface area contributed by atoms with Gasteiger partial charge in [0, 0.05) is 17.0 Å². The summed E-state index contributed by atoms with van der Waals surface area (Å²) in [7, 11) is 0. The fraction of sp³-hybridized carbons (Fsp3) is 0.214. The van der Waals surface area contributed by atoms with Crippen molar-refractivity contribution >= 4 is 21.9 Å². The van der Waals surface area contributed by atoms with E-state index >= 15 is 0 Å². The second-order valence-electron chi connectivity index (χ2n) is 4.44. The molecule has 3 nitrogen and oxygen atoms in total. The van der Waals surface area contributed by atoms with E-state index < -0.39 is 0 Å². The predicted molar refractivity (Wildman–Crippen MR) is 69.9 cm³/mol. The van der Waals surface area contributed by atoms with Crippen molar-refractivity contribution < 1.29 is 0 Å². The Morgan fingerprint density at radius 1 is 1.41 bits per heavy atom. The van der Waals surface area contributed by atoms with E-state index in [1.54, 1.807) is 0 Å². The summed E-state index contributed by atoms with van der Waals surface area (Å²) in [5.74, 6) is 2.76. The van der Waals surface area contributed by atoms with Crippen molar-refractivity contribution in [2.45, 2.75) is 19.9 Å². The van der Waals surface area contributed by atoms with Gasteiger partial charge in [0.05, 0.1) is 22.7 Å². The summed E-state index contributed by atoms with van der Waals surface area (Å²) in [5, 5.41) is 8.30. The van der Waals surface area contributed by atoms with Crippen molar-refractivity contribution in [3.8, 4) is 12.3 Å². The van der Waals surface area contributed by atoms with Crippen molar-refractivity contribution in [3.05, 3.63) is 30.0 Å². The first-order valence-electron chi connectivity index (χ1n) is 5.66. The first-order chi connectivity index (χ1) is 8.24. The molecule has 0 saturated carbocycles. The molecule has 84 valence electrons. The number of terminal acetylenes is 1. The highest BCUT2D eigenvalue weighted by Crippen LogP contribution is 2.31. The van der Waals surface area contributed by atoms with E-state index in [4.69, 9.17) is 6.42 Å². The zero-order chi connectivity index (χ0) is 12.0. The molecule has 1 aromatic carbocycles. The maximum Gasteiger partial charge on any atom is 0.0909 e. The number of hydrogen-bond donors (Lipinski definition) is 1. The van der Waals surface area contributed by atoms with Crippen LogP contribution in [0, 0.1) is 12.3 Å². The van der Waals surface area contributed by atoms with Crippen LogP contribution in [0.4, 0.5) is 0 Å². The molecule has 0 radical (unpaired) electrons. The van der Waals surface area contributed by atoms with Gasteiger partial charge in [0.25, 0.3) is 0 Å². The number of nitrogens with zero attached hydrogens (tertiary/aromatic N) is 2. The molecule has 2 aromatic heterocycles. The third kappa shape index (κ3) is 1.21. The van der Waals surface area contributed by atoms with Crippen molar-refractivity contribution in [2.75, 3.05) is 0 Å². The lowest BCUT2D eigenvalue weighted by Gasteiger charge is -2.11. The Hall–Kier alpha value is -2.21. The van der Waals surface area contributed by atoms with Gasteiger partial charge in [-0.25, -0.2) is 0 Å². The average Bonchev–Trinajstić information content (AvgIpc) is 2.87. The van der Waals surface area contributed by atoms with Gasteiger partial charge in [0.15, 0.2) is 0 Å². The van der Waals surface area contributed by atoms with Crippen LogP contribution in [0.15, 0.2) is 24.4 Å². The molecule has 0 aliphatic rings. The van der Waals surface area contributed by atoms with Crippen molar-refractivity contribution in [2.24, 2.45) is 0 Å². The van der Waals surface area contributed by atoms with Gasteiger partial charge in [-0.2, -0.15) is 5.10 Å². The third-order valence-electron chi connectivity index (χ3n) is 3.10. The minimum atomic E-state index is 0.349. The highest BCUT2D eigenvalue weighted by atomic mass is 15.1. The first-order valence-corrected chi connectivity index (χ1v) is 5.66. The Morgan fingerprint density at radius 2 is 2.24 bits per heavy atom. The standard InChI is InChI=1S/C14H13N3/c1-4-10-6-5-7-11-13-12(8-15-16-13)17(9(2)3)14(10)11/h1,5-9H,2-3H3,(H,15,16). The molecule has 0 aliphatic heterocycles. The molecule has 2 heterocycles. The molecule has 0 unspecified atom stereocenters. The maximum atomic E-state index is 5.59. The molecular weight excluding hydrogens is 210 g/mol. The summed E-state index contributed by atoms with van der Waals surface area (Å²) in [4.78, 5) is 0. The molecule has 17 heavy (non-hydrogen) atoms. The lowest BCUT2D eigenvalue weighted by Crippen LogP contribution is -2.00. The van der Waals surface area contributed by atoms with Crippen LogP contribution >= 0.6 is 0 Å². The molecule has 1 N–H and O–H groups in total. The molecule has 0 fully saturated rings. The summed E-state index contributed by atoms with van der Waals surface area (Å²) < 4.78 is 2.24. The largest absolute Gasteiger partial charge is 0.334 e. The Balaban J connectivity index is 2.62. The van der Waals surface area contributed by atoms with Gasteiger partial charge in [-0.05, 0) is 19.9 Å². The second-order valence-corrected chi connectivity index (χ2v) is 4.44. The topological polar surface area (TPSA) is 33.6 Å². The fourth-order valence-electron chi connectivity index (χ4n) is 2.44. The van der Waals surface area contributed by atoms with E-state index in [2.05, 4.69) is 40.6 Å². The monoisotopic (exact) mass is 223 g/mol. The predicted octanol–water partition coefficient (Wildman–Crippen LogP) is 3.08. The number of nitrogens with one attached hydrogen (secondary N) is 1. The summed E-state index contributed by atoms with van der Waals surface area (Å²) >= 11 is 0. The summed E-state index contributed by atoms with van der Waals surface area (Å²) in [6, 6.07) is 6.40. The number of fused-ring (bicyclic) bond motifs is 3. The normalized spacial score (nSPS) is 11.4. The van der Waals surface area contributed by atoms with Gasteiger partial charge in [0.1, 0.15) is 0 Å². The molecule has 0 saturated heterocycles. The number of hydrogen-bond acceptors (Lipinski definition) is 1. The van der Waals surface area contributed by atoms with Crippen LogP contribution in [-0.2, 0) is 0 Å². The number of benzene rings is 1. The van der Waals surface area contributed by atoms with Gasteiger partial charge in [-0.3, -0.25) is 5.10 Å². The van der Waals surface area contributed by atoms with E-state index in [1.807, 2.05) is 18.3 Å². The van der Waals surface area contributed by atoms with Crippen LogP contribution < -0.4 is 0 Å². The molecule has 0 bridgehead atoms. The van der Waals surface area contributed by atoms with Crippen LogP contribution in [-0.4, -0.2) is 14.8 Å². The van der Waals surface area contributed by atoms with Gasteiger partial charge in [-0.1, -0.05) is 18.1 Å². The Bertz CT molecular complexity index is 738. The lowest BCUT2D eigenvalue weighted by atomic mass is 10.1. The van der Waals surface area contributed by atoms with Crippen molar-refractivity contribution in [1.29, 1.82) is 0 Å².